The molecular formula is C18H25N5O3. The molecule has 0 aromatic carbocycles. The van der Waals surface area contributed by atoms with Gasteiger partial charge in [0.15, 0.2) is 5.82 Å². The van der Waals surface area contributed by atoms with Crippen LogP contribution in [0.2, 0.25) is 0 Å². The number of carbonyl (C=O) groups excluding carboxylic acids is 1. The summed E-state index contributed by atoms with van der Waals surface area (Å²) in [5.74, 6) is 2.11. The number of ether oxygens (including phenoxy) is 1. The Labute approximate surface area is 152 Å². The van der Waals surface area contributed by atoms with Crippen molar-refractivity contribution in [2.75, 3.05) is 26.8 Å². The van der Waals surface area contributed by atoms with E-state index < -0.39 is 0 Å². The number of hydrogen-bond donors (Lipinski definition) is 0. The molecule has 0 bridgehead atoms. The van der Waals surface area contributed by atoms with Gasteiger partial charge in [0.1, 0.15) is 6.54 Å². The number of likely N-dealkylation sites (tertiary alicyclic amines) is 1. The van der Waals surface area contributed by atoms with Crippen molar-refractivity contribution in [3.05, 3.63) is 30.2 Å². The molecule has 0 unspecified atom stereocenters. The monoisotopic (exact) mass is 359 g/mol. The Morgan fingerprint density at radius 1 is 1.38 bits per heavy atom. The van der Waals surface area contributed by atoms with Gasteiger partial charge in [-0.15, -0.1) is 0 Å². The molecule has 2 fully saturated rings. The van der Waals surface area contributed by atoms with Crippen LogP contribution in [0.25, 0.3) is 0 Å². The van der Waals surface area contributed by atoms with Gasteiger partial charge in [-0.2, -0.15) is 10.1 Å². The zero-order valence-corrected chi connectivity index (χ0v) is 15.1. The van der Waals surface area contributed by atoms with Crippen molar-refractivity contribution in [2.24, 2.45) is 0 Å². The highest BCUT2D eigenvalue weighted by Crippen LogP contribution is 2.42. The lowest BCUT2D eigenvalue weighted by molar-refractivity contribution is -0.133. The summed E-state index contributed by atoms with van der Waals surface area (Å²) in [4.78, 5) is 19.1. The molecule has 1 aliphatic carbocycles. The molecule has 2 aromatic rings. The summed E-state index contributed by atoms with van der Waals surface area (Å²) in [5, 5.41) is 8.41. The fraction of sp³-hybridized carbons (Fsp3) is 0.667. The van der Waals surface area contributed by atoms with Gasteiger partial charge in [-0.3, -0.25) is 9.48 Å². The van der Waals surface area contributed by atoms with E-state index in [0.717, 1.165) is 43.8 Å². The van der Waals surface area contributed by atoms with Gasteiger partial charge in [0.2, 0.25) is 11.8 Å². The molecule has 4 rings (SSSR count). The molecule has 1 saturated heterocycles. The Kier molecular flexibility index (Phi) is 4.76. The van der Waals surface area contributed by atoms with E-state index in [1.807, 2.05) is 17.2 Å². The third kappa shape index (κ3) is 3.51. The first-order valence-electron chi connectivity index (χ1n) is 9.28. The predicted molar refractivity (Wildman–Crippen MR) is 92.5 cm³/mol. The first-order chi connectivity index (χ1) is 12.7. The van der Waals surface area contributed by atoms with Crippen molar-refractivity contribution in [3.8, 4) is 0 Å². The molecule has 140 valence electrons. The second kappa shape index (κ2) is 7.19. The number of hydrogen-bond acceptors (Lipinski definition) is 6. The highest BCUT2D eigenvalue weighted by molar-refractivity contribution is 5.76. The molecule has 1 aliphatic heterocycles. The van der Waals surface area contributed by atoms with Crippen molar-refractivity contribution in [1.29, 1.82) is 0 Å². The third-order valence-electron chi connectivity index (χ3n) is 5.56. The molecular weight excluding hydrogens is 334 g/mol. The quantitative estimate of drug-likeness (QED) is 0.748. The maximum Gasteiger partial charge on any atom is 0.244 e. The van der Waals surface area contributed by atoms with Crippen LogP contribution in [0.15, 0.2) is 23.0 Å². The van der Waals surface area contributed by atoms with Crippen LogP contribution in [0.3, 0.4) is 0 Å². The minimum atomic E-state index is -0.171. The Morgan fingerprint density at radius 2 is 2.19 bits per heavy atom. The molecule has 0 N–H and O–H groups in total. The van der Waals surface area contributed by atoms with Crippen LogP contribution in [0, 0.1) is 0 Å². The fourth-order valence-corrected chi connectivity index (χ4v) is 3.65. The van der Waals surface area contributed by atoms with E-state index >= 15 is 0 Å². The molecule has 8 heteroatoms. The number of carbonyl (C=O) groups is 1. The lowest BCUT2D eigenvalue weighted by Crippen LogP contribution is -2.47. The molecule has 1 amide bonds. The summed E-state index contributed by atoms with van der Waals surface area (Å²) in [5.41, 5.74) is -0.171. The SMILES string of the molecule is COCCC1(c2noc(C3CC3)n2)CCN(C(=O)Cn2cccn2)CC1. The highest BCUT2D eigenvalue weighted by atomic mass is 16.5. The normalized spacial score (nSPS) is 19.7. The maximum atomic E-state index is 12.5. The summed E-state index contributed by atoms with van der Waals surface area (Å²) in [6, 6.07) is 1.83. The van der Waals surface area contributed by atoms with Gasteiger partial charge in [-0.1, -0.05) is 5.16 Å². The number of aromatic nitrogens is 4. The molecule has 0 atom stereocenters. The Morgan fingerprint density at radius 3 is 2.85 bits per heavy atom. The van der Waals surface area contributed by atoms with Gasteiger partial charge in [-0.05, 0) is 38.2 Å². The molecule has 0 radical (unpaired) electrons. The van der Waals surface area contributed by atoms with Crippen LogP contribution >= 0.6 is 0 Å². The van der Waals surface area contributed by atoms with E-state index in [1.165, 1.54) is 0 Å². The first kappa shape index (κ1) is 17.2. The fourth-order valence-electron chi connectivity index (χ4n) is 3.65. The van der Waals surface area contributed by atoms with Crippen molar-refractivity contribution in [1.82, 2.24) is 24.8 Å². The van der Waals surface area contributed by atoms with Gasteiger partial charge in [0.05, 0.1) is 0 Å². The third-order valence-corrected chi connectivity index (χ3v) is 5.56. The lowest BCUT2D eigenvalue weighted by atomic mass is 9.75. The second-order valence-corrected chi connectivity index (χ2v) is 7.34. The number of amides is 1. The van der Waals surface area contributed by atoms with Gasteiger partial charge >= 0.3 is 0 Å². The van der Waals surface area contributed by atoms with Crippen molar-refractivity contribution in [3.63, 3.8) is 0 Å². The van der Waals surface area contributed by atoms with Gasteiger partial charge in [-0.25, -0.2) is 0 Å². The van der Waals surface area contributed by atoms with Crippen LogP contribution in [0.1, 0.15) is 49.7 Å². The molecule has 2 aromatic heterocycles. The van der Waals surface area contributed by atoms with E-state index in [1.54, 1.807) is 18.0 Å². The smallest absolute Gasteiger partial charge is 0.244 e. The molecule has 1 saturated carbocycles. The second-order valence-electron chi connectivity index (χ2n) is 7.34. The van der Waals surface area contributed by atoms with Crippen molar-refractivity contribution < 1.29 is 14.1 Å². The Balaban J connectivity index is 1.44. The Bertz CT molecular complexity index is 730. The predicted octanol–water partition coefficient (Wildman–Crippen LogP) is 1.74. The minimum Gasteiger partial charge on any atom is -0.385 e. The van der Waals surface area contributed by atoms with Crippen molar-refractivity contribution >= 4 is 5.91 Å². The molecule has 2 aliphatic rings. The van der Waals surface area contributed by atoms with Crippen LogP contribution in [-0.2, 0) is 21.5 Å². The molecule has 3 heterocycles. The van der Waals surface area contributed by atoms with Gasteiger partial charge < -0.3 is 14.2 Å². The van der Waals surface area contributed by atoms with E-state index in [2.05, 4.69) is 10.3 Å². The average molecular weight is 359 g/mol. The molecule has 8 nitrogen and oxygen atoms in total. The van der Waals surface area contributed by atoms with Crippen LogP contribution in [0.5, 0.6) is 0 Å². The van der Waals surface area contributed by atoms with E-state index in [4.69, 9.17) is 14.2 Å². The number of nitrogens with zero attached hydrogens (tertiary/aromatic N) is 5. The number of piperidine rings is 1. The molecule has 0 spiro atoms. The van der Waals surface area contributed by atoms with E-state index in [0.29, 0.717) is 25.6 Å². The number of rotatable bonds is 7. The zero-order valence-electron chi connectivity index (χ0n) is 15.1. The zero-order chi connectivity index (χ0) is 18.0. The minimum absolute atomic E-state index is 0.0980. The topological polar surface area (TPSA) is 86.3 Å². The van der Waals surface area contributed by atoms with Crippen LogP contribution in [0.4, 0.5) is 0 Å². The lowest BCUT2D eigenvalue weighted by Gasteiger charge is -2.39. The maximum absolute atomic E-state index is 12.5. The summed E-state index contributed by atoms with van der Waals surface area (Å²) in [7, 11) is 1.71. The summed E-state index contributed by atoms with van der Waals surface area (Å²) >= 11 is 0. The van der Waals surface area contributed by atoms with Crippen LogP contribution < -0.4 is 0 Å². The van der Waals surface area contributed by atoms with E-state index in [-0.39, 0.29) is 17.9 Å². The van der Waals surface area contributed by atoms with Gasteiger partial charge in [0, 0.05) is 50.5 Å². The first-order valence-corrected chi connectivity index (χ1v) is 9.28. The highest BCUT2D eigenvalue weighted by Gasteiger charge is 2.42. The van der Waals surface area contributed by atoms with Crippen molar-refractivity contribution in [2.45, 2.75) is 50.0 Å². The van der Waals surface area contributed by atoms with Gasteiger partial charge in [0.25, 0.3) is 0 Å². The number of methoxy groups -OCH3 is 1. The standard InChI is InChI=1S/C18H25N5O3/c1-25-12-7-18(17-20-16(26-21-17)14-3-4-14)5-10-22(11-6-18)15(24)13-23-9-2-8-19-23/h2,8-9,14H,3-7,10-13H2,1H3. The summed E-state index contributed by atoms with van der Waals surface area (Å²) < 4.78 is 12.5. The largest absolute Gasteiger partial charge is 0.385 e. The summed E-state index contributed by atoms with van der Waals surface area (Å²) in [6.45, 7) is 2.31. The summed E-state index contributed by atoms with van der Waals surface area (Å²) in [6.07, 6.45) is 8.27. The molecule has 26 heavy (non-hydrogen) atoms. The van der Waals surface area contributed by atoms with Crippen LogP contribution in [-0.4, -0.2) is 57.5 Å². The average Bonchev–Trinajstić information content (AvgIpc) is 3.17. The van der Waals surface area contributed by atoms with E-state index in [9.17, 15) is 4.79 Å². The Hall–Kier alpha value is -2.22.